The standard InChI is InChI=1S/C21H17NO3/c1-22-19-13-6-5-12-17(19)18(20(22)23)14-16(21(24)25)11-7-10-15-8-3-2-4-9-15/h2-14H,1H3,(H,24,25)/b10-7+,16-11+,18-14-. The van der Waals surface area contributed by atoms with Crippen molar-refractivity contribution in [1.29, 1.82) is 0 Å². The van der Waals surface area contributed by atoms with Crippen LogP contribution in [0.25, 0.3) is 11.6 Å². The van der Waals surface area contributed by atoms with Gasteiger partial charge in [0, 0.05) is 12.6 Å². The molecule has 3 rings (SSSR count). The SMILES string of the molecule is CN1C(=O)\C(=C/C(=C\C=C\c2ccccc2)C(=O)O)c2ccccc21. The van der Waals surface area contributed by atoms with Crippen LogP contribution in [0.2, 0.25) is 0 Å². The number of carbonyl (C=O) groups excluding carboxylic acids is 1. The van der Waals surface area contributed by atoms with E-state index in [9.17, 15) is 14.7 Å². The molecule has 0 saturated heterocycles. The Morgan fingerprint density at radius 3 is 2.44 bits per heavy atom. The molecule has 0 atom stereocenters. The van der Waals surface area contributed by atoms with Crippen LogP contribution in [0.4, 0.5) is 5.69 Å². The van der Waals surface area contributed by atoms with E-state index in [1.54, 1.807) is 13.1 Å². The first-order valence-electron chi connectivity index (χ1n) is 7.84. The minimum Gasteiger partial charge on any atom is -0.478 e. The largest absolute Gasteiger partial charge is 0.478 e. The first kappa shape index (κ1) is 16.5. The lowest BCUT2D eigenvalue weighted by Crippen LogP contribution is -2.20. The minimum atomic E-state index is -1.08. The van der Waals surface area contributed by atoms with Gasteiger partial charge in [-0.2, -0.15) is 0 Å². The number of allylic oxidation sites excluding steroid dienone is 2. The molecule has 0 saturated carbocycles. The number of fused-ring (bicyclic) bond motifs is 1. The first-order valence-corrected chi connectivity index (χ1v) is 7.84. The molecule has 2 aromatic rings. The summed E-state index contributed by atoms with van der Waals surface area (Å²) in [5, 5.41) is 9.46. The van der Waals surface area contributed by atoms with Crippen LogP contribution in [-0.2, 0) is 9.59 Å². The number of hydrogen-bond acceptors (Lipinski definition) is 2. The predicted octanol–water partition coefficient (Wildman–Crippen LogP) is 3.77. The van der Waals surface area contributed by atoms with Crippen LogP contribution in [0.3, 0.4) is 0 Å². The minimum absolute atomic E-state index is 0.0561. The lowest BCUT2D eigenvalue weighted by atomic mass is 10.0. The van der Waals surface area contributed by atoms with Gasteiger partial charge in [0.1, 0.15) is 0 Å². The van der Waals surface area contributed by atoms with E-state index >= 15 is 0 Å². The van der Waals surface area contributed by atoms with Crippen LogP contribution < -0.4 is 4.90 Å². The number of amides is 1. The molecule has 1 aliphatic rings. The van der Waals surface area contributed by atoms with Crippen LogP contribution in [0.1, 0.15) is 11.1 Å². The number of para-hydroxylation sites is 1. The van der Waals surface area contributed by atoms with Crippen LogP contribution in [0, 0.1) is 0 Å². The van der Waals surface area contributed by atoms with Gasteiger partial charge in [0.25, 0.3) is 5.91 Å². The number of hydrogen-bond donors (Lipinski definition) is 1. The highest BCUT2D eigenvalue weighted by Crippen LogP contribution is 2.35. The van der Waals surface area contributed by atoms with Gasteiger partial charge in [-0.1, -0.05) is 60.7 Å². The van der Waals surface area contributed by atoms with Gasteiger partial charge in [0.2, 0.25) is 0 Å². The fourth-order valence-electron chi connectivity index (χ4n) is 2.70. The monoisotopic (exact) mass is 331 g/mol. The van der Waals surface area contributed by atoms with E-state index in [-0.39, 0.29) is 11.5 Å². The molecule has 124 valence electrons. The van der Waals surface area contributed by atoms with Crippen molar-refractivity contribution >= 4 is 29.2 Å². The number of benzene rings is 2. The molecule has 25 heavy (non-hydrogen) atoms. The molecule has 4 heteroatoms. The summed E-state index contributed by atoms with van der Waals surface area (Å²) in [7, 11) is 1.68. The van der Waals surface area contributed by atoms with Gasteiger partial charge in [-0.25, -0.2) is 4.79 Å². The summed E-state index contributed by atoms with van der Waals surface area (Å²) >= 11 is 0. The highest BCUT2D eigenvalue weighted by Gasteiger charge is 2.29. The topological polar surface area (TPSA) is 57.6 Å². The molecule has 4 nitrogen and oxygen atoms in total. The molecule has 0 spiro atoms. The van der Waals surface area contributed by atoms with Gasteiger partial charge in [-0.15, -0.1) is 0 Å². The highest BCUT2D eigenvalue weighted by atomic mass is 16.4. The summed E-state index contributed by atoms with van der Waals surface area (Å²) in [4.78, 5) is 25.5. The average Bonchev–Trinajstić information content (AvgIpc) is 2.86. The molecule has 1 aliphatic heterocycles. The van der Waals surface area contributed by atoms with Gasteiger partial charge in [-0.05, 0) is 23.8 Å². The average molecular weight is 331 g/mol. The van der Waals surface area contributed by atoms with Crippen molar-refractivity contribution in [1.82, 2.24) is 0 Å². The number of carboxylic acids is 1. The molecule has 0 radical (unpaired) electrons. The van der Waals surface area contributed by atoms with E-state index < -0.39 is 5.97 Å². The molecule has 0 unspecified atom stereocenters. The molecular formula is C21H17NO3. The summed E-state index contributed by atoms with van der Waals surface area (Å²) in [5.41, 5.74) is 2.94. The second-order valence-electron chi connectivity index (χ2n) is 5.64. The van der Waals surface area contributed by atoms with Gasteiger partial charge < -0.3 is 10.0 Å². The zero-order chi connectivity index (χ0) is 17.8. The van der Waals surface area contributed by atoms with E-state index in [0.29, 0.717) is 5.57 Å². The number of likely N-dealkylation sites (N-methyl/N-ethyl adjacent to an activating group) is 1. The Morgan fingerprint density at radius 1 is 1.04 bits per heavy atom. The number of aliphatic carboxylic acids is 1. The van der Waals surface area contributed by atoms with Gasteiger partial charge in [0.15, 0.2) is 0 Å². The smallest absolute Gasteiger partial charge is 0.335 e. The molecular weight excluding hydrogens is 314 g/mol. The van der Waals surface area contributed by atoms with Gasteiger partial charge in [0.05, 0.1) is 16.8 Å². The van der Waals surface area contributed by atoms with Crippen LogP contribution >= 0.6 is 0 Å². The molecule has 0 bridgehead atoms. The Kier molecular flexibility index (Phi) is 4.61. The van der Waals surface area contributed by atoms with Crippen molar-refractivity contribution < 1.29 is 14.7 Å². The quantitative estimate of drug-likeness (QED) is 0.685. The van der Waals surface area contributed by atoms with E-state index in [0.717, 1.165) is 16.8 Å². The molecule has 1 heterocycles. The van der Waals surface area contributed by atoms with Crippen molar-refractivity contribution in [2.24, 2.45) is 0 Å². The van der Waals surface area contributed by atoms with E-state index in [2.05, 4.69) is 0 Å². The second kappa shape index (κ2) is 7.01. The normalized spacial score (nSPS) is 15.9. The van der Waals surface area contributed by atoms with E-state index in [1.807, 2.05) is 60.7 Å². The number of carbonyl (C=O) groups is 2. The Balaban J connectivity index is 1.96. The summed E-state index contributed by atoms with van der Waals surface area (Å²) in [6.07, 6.45) is 6.42. The van der Waals surface area contributed by atoms with Crippen LogP contribution in [0.15, 0.2) is 78.4 Å². The second-order valence-corrected chi connectivity index (χ2v) is 5.64. The number of rotatable bonds is 4. The molecule has 1 N–H and O–H groups in total. The van der Waals surface area contributed by atoms with Crippen molar-refractivity contribution in [2.75, 3.05) is 11.9 Å². The Morgan fingerprint density at radius 2 is 1.72 bits per heavy atom. The van der Waals surface area contributed by atoms with Crippen molar-refractivity contribution in [3.63, 3.8) is 0 Å². The molecule has 1 amide bonds. The lowest BCUT2D eigenvalue weighted by Gasteiger charge is -2.07. The van der Waals surface area contributed by atoms with Crippen molar-refractivity contribution in [3.05, 3.63) is 89.5 Å². The van der Waals surface area contributed by atoms with Crippen molar-refractivity contribution in [2.45, 2.75) is 0 Å². The highest BCUT2D eigenvalue weighted by molar-refractivity contribution is 6.33. The zero-order valence-electron chi connectivity index (χ0n) is 13.7. The zero-order valence-corrected chi connectivity index (χ0v) is 13.7. The Hall–Kier alpha value is -3.40. The summed E-state index contributed by atoms with van der Waals surface area (Å²) in [6.45, 7) is 0. The number of anilines is 1. The number of carboxylic acid groups (broad SMARTS) is 1. The molecule has 0 aromatic heterocycles. The molecule has 0 aliphatic carbocycles. The van der Waals surface area contributed by atoms with E-state index in [4.69, 9.17) is 0 Å². The van der Waals surface area contributed by atoms with E-state index in [1.165, 1.54) is 17.1 Å². The maximum atomic E-state index is 12.4. The lowest BCUT2D eigenvalue weighted by molar-refractivity contribution is -0.132. The third kappa shape index (κ3) is 3.43. The Labute approximate surface area is 146 Å². The van der Waals surface area contributed by atoms with Crippen molar-refractivity contribution in [3.8, 4) is 0 Å². The maximum absolute atomic E-state index is 12.4. The maximum Gasteiger partial charge on any atom is 0.335 e. The third-order valence-corrected chi connectivity index (χ3v) is 4.00. The summed E-state index contributed by atoms with van der Waals surface area (Å²) in [6, 6.07) is 16.9. The summed E-state index contributed by atoms with van der Waals surface area (Å²) < 4.78 is 0. The van der Waals surface area contributed by atoms with Gasteiger partial charge >= 0.3 is 5.97 Å². The predicted molar refractivity (Wildman–Crippen MR) is 99.0 cm³/mol. The third-order valence-electron chi connectivity index (χ3n) is 4.00. The van der Waals surface area contributed by atoms with Crippen LogP contribution in [0.5, 0.6) is 0 Å². The van der Waals surface area contributed by atoms with Crippen LogP contribution in [-0.4, -0.2) is 24.0 Å². The molecule has 0 fully saturated rings. The molecule has 2 aromatic carbocycles. The Bertz CT molecular complexity index is 908. The number of nitrogens with zero attached hydrogens (tertiary/aromatic N) is 1. The fourth-order valence-corrected chi connectivity index (χ4v) is 2.70. The van der Waals surface area contributed by atoms with Gasteiger partial charge in [-0.3, -0.25) is 4.79 Å². The summed E-state index contributed by atoms with van der Waals surface area (Å²) in [5.74, 6) is -1.29. The first-order chi connectivity index (χ1) is 12.1. The fraction of sp³-hybridized carbons (Fsp3) is 0.0476.